The molecule has 0 radical (unpaired) electrons. The van der Waals surface area contributed by atoms with Crippen molar-refractivity contribution >= 4 is 15.9 Å². The molecule has 3 nitrogen and oxygen atoms in total. The Balaban J connectivity index is 1.34. The summed E-state index contributed by atoms with van der Waals surface area (Å²) < 4.78 is 6.65. The molecule has 3 atom stereocenters. The third kappa shape index (κ3) is 3.31. The molecule has 3 aliphatic rings. The molecule has 1 saturated heterocycles. The van der Waals surface area contributed by atoms with Crippen molar-refractivity contribution < 1.29 is 4.74 Å². The van der Waals surface area contributed by atoms with Crippen LogP contribution < -0.4 is 4.74 Å². The summed E-state index contributed by atoms with van der Waals surface area (Å²) in [5.41, 5.74) is 1.29. The van der Waals surface area contributed by atoms with Crippen LogP contribution in [0.15, 0.2) is 22.7 Å². The second-order valence-electron chi connectivity index (χ2n) is 7.51. The summed E-state index contributed by atoms with van der Waals surface area (Å²) in [6.07, 6.45) is 5.98. The third-order valence-electron chi connectivity index (χ3n) is 6.21. The van der Waals surface area contributed by atoms with E-state index in [1.165, 1.54) is 57.4 Å². The molecule has 2 saturated carbocycles. The first kappa shape index (κ1) is 15.9. The second kappa shape index (κ2) is 6.73. The van der Waals surface area contributed by atoms with E-state index in [9.17, 15) is 0 Å². The molecular weight excluding hydrogens is 352 g/mol. The first-order chi connectivity index (χ1) is 11.2. The van der Waals surface area contributed by atoms with E-state index in [0.717, 1.165) is 34.6 Å². The fourth-order valence-electron chi connectivity index (χ4n) is 5.02. The number of fused-ring (bicyclic) bond motifs is 2. The van der Waals surface area contributed by atoms with Crippen molar-refractivity contribution in [2.75, 3.05) is 33.3 Å². The highest BCUT2D eigenvalue weighted by atomic mass is 79.9. The van der Waals surface area contributed by atoms with Crippen LogP contribution in [-0.4, -0.2) is 49.1 Å². The van der Waals surface area contributed by atoms with Crippen LogP contribution in [0.1, 0.15) is 31.2 Å². The summed E-state index contributed by atoms with van der Waals surface area (Å²) >= 11 is 3.58. The molecule has 4 heteroatoms. The van der Waals surface area contributed by atoms with Gasteiger partial charge in [0.25, 0.3) is 0 Å². The van der Waals surface area contributed by atoms with Gasteiger partial charge in [-0.05, 0) is 49.3 Å². The molecule has 126 valence electrons. The molecule has 4 rings (SSSR count). The third-order valence-corrected chi connectivity index (χ3v) is 6.71. The predicted molar refractivity (Wildman–Crippen MR) is 96.8 cm³/mol. The molecule has 2 bridgehead atoms. The minimum atomic E-state index is 0.899. The van der Waals surface area contributed by atoms with Gasteiger partial charge in [0.2, 0.25) is 0 Å². The maximum absolute atomic E-state index is 5.52. The highest BCUT2D eigenvalue weighted by Crippen LogP contribution is 2.46. The molecule has 0 spiro atoms. The standard InChI is InChI=1S/C19H27BrN2O/c1-23-19-5-4-17(20)12-16(19)13-21-6-8-22(9-7-21)18-11-14-2-3-15(18)10-14/h4-5,12,14-15,18H,2-3,6-11,13H2,1H3/t14-,15-,18-/m1/s1. The lowest BCUT2D eigenvalue weighted by molar-refractivity contribution is 0.0676. The van der Waals surface area contributed by atoms with Gasteiger partial charge in [-0.2, -0.15) is 0 Å². The van der Waals surface area contributed by atoms with Gasteiger partial charge in [-0.15, -0.1) is 0 Å². The van der Waals surface area contributed by atoms with Crippen LogP contribution in [0.25, 0.3) is 0 Å². The lowest BCUT2D eigenvalue weighted by Crippen LogP contribution is -2.51. The number of nitrogens with zero attached hydrogens (tertiary/aromatic N) is 2. The van der Waals surface area contributed by atoms with Gasteiger partial charge in [0.05, 0.1) is 7.11 Å². The number of ether oxygens (including phenoxy) is 1. The van der Waals surface area contributed by atoms with E-state index in [1.54, 1.807) is 7.11 Å². The predicted octanol–water partition coefficient (Wildman–Crippen LogP) is 3.76. The molecule has 1 heterocycles. The van der Waals surface area contributed by atoms with E-state index in [4.69, 9.17) is 4.74 Å². The summed E-state index contributed by atoms with van der Waals surface area (Å²) in [4.78, 5) is 5.37. The van der Waals surface area contributed by atoms with E-state index in [0.29, 0.717) is 0 Å². The topological polar surface area (TPSA) is 15.7 Å². The van der Waals surface area contributed by atoms with Crippen LogP contribution in [0.2, 0.25) is 0 Å². The Hall–Kier alpha value is -0.580. The van der Waals surface area contributed by atoms with Crippen LogP contribution in [0.5, 0.6) is 5.75 Å². The van der Waals surface area contributed by atoms with E-state index in [-0.39, 0.29) is 0 Å². The largest absolute Gasteiger partial charge is 0.496 e. The fraction of sp³-hybridized carbons (Fsp3) is 0.684. The molecule has 1 aromatic carbocycles. The monoisotopic (exact) mass is 378 g/mol. The van der Waals surface area contributed by atoms with Crippen LogP contribution in [-0.2, 0) is 6.54 Å². The molecule has 2 aliphatic carbocycles. The minimum Gasteiger partial charge on any atom is -0.496 e. The van der Waals surface area contributed by atoms with Crippen LogP contribution >= 0.6 is 15.9 Å². The summed E-state index contributed by atoms with van der Waals surface area (Å²) in [6, 6.07) is 7.21. The van der Waals surface area contributed by atoms with Crippen LogP contribution in [0, 0.1) is 11.8 Å². The average molecular weight is 379 g/mol. The smallest absolute Gasteiger partial charge is 0.123 e. The number of hydrogen-bond donors (Lipinski definition) is 0. The molecule has 0 amide bonds. The average Bonchev–Trinajstić information content (AvgIpc) is 3.19. The van der Waals surface area contributed by atoms with Crippen LogP contribution in [0.4, 0.5) is 0 Å². The Bertz CT molecular complexity index is 556. The van der Waals surface area contributed by atoms with E-state index in [2.05, 4.69) is 43.9 Å². The Morgan fingerprint density at radius 1 is 1.13 bits per heavy atom. The quantitative estimate of drug-likeness (QED) is 0.792. The SMILES string of the molecule is COc1ccc(Br)cc1CN1CCN([C@@H]2C[C@@H]3CC[C@@H]2C3)CC1. The molecule has 0 N–H and O–H groups in total. The van der Waals surface area contributed by atoms with Crippen molar-refractivity contribution in [3.63, 3.8) is 0 Å². The number of rotatable bonds is 4. The van der Waals surface area contributed by atoms with Gasteiger partial charge in [0.1, 0.15) is 5.75 Å². The van der Waals surface area contributed by atoms with Crippen molar-refractivity contribution in [3.05, 3.63) is 28.2 Å². The van der Waals surface area contributed by atoms with E-state index >= 15 is 0 Å². The number of halogens is 1. The zero-order valence-electron chi connectivity index (χ0n) is 14.0. The Morgan fingerprint density at radius 3 is 2.61 bits per heavy atom. The van der Waals surface area contributed by atoms with Gasteiger partial charge in [0.15, 0.2) is 0 Å². The van der Waals surface area contributed by atoms with Gasteiger partial charge in [0, 0.05) is 48.8 Å². The number of methoxy groups -OCH3 is 1. The Morgan fingerprint density at radius 2 is 1.96 bits per heavy atom. The molecule has 0 aromatic heterocycles. The van der Waals surface area contributed by atoms with Gasteiger partial charge in [-0.1, -0.05) is 22.4 Å². The lowest BCUT2D eigenvalue weighted by Gasteiger charge is -2.41. The molecule has 23 heavy (non-hydrogen) atoms. The molecule has 3 fully saturated rings. The van der Waals surface area contributed by atoms with Crippen LogP contribution in [0.3, 0.4) is 0 Å². The lowest BCUT2D eigenvalue weighted by atomic mass is 9.93. The first-order valence-corrected chi connectivity index (χ1v) is 9.81. The summed E-state index contributed by atoms with van der Waals surface area (Å²) in [5, 5.41) is 0. The zero-order valence-corrected chi connectivity index (χ0v) is 15.6. The Kier molecular flexibility index (Phi) is 4.66. The van der Waals surface area contributed by atoms with Gasteiger partial charge >= 0.3 is 0 Å². The fourth-order valence-corrected chi connectivity index (χ4v) is 5.43. The second-order valence-corrected chi connectivity index (χ2v) is 8.43. The first-order valence-electron chi connectivity index (χ1n) is 9.02. The zero-order chi connectivity index (χ0) is 15.8. The van der Waals surface area contributed by atoms with Crippen molar-refractivity contribution in [1.29, 1.82) is 0 Å². The minimum absolute atomic E-state index is 0.899. The Labute approximate surface area is 148 Å². The maximum Gasteiger partial charge on any atom is 0.123 e. The molecule has 1 aliphatic heterocycles. The number of benzene rings is 1. The van der Waals surface area contributed by atoms with Crippen molar-refractivity contribution in [3.8, 4) is 5.75 Å². The maximum atomic E-state index is 5.52. The molecule has 1 aromatic rings. The van der Waals surface area contributed by atoms with Crippen molar-refractivity contribution in [1.82, 2.24) is 9.80 Å². The number of hydrogen-bond acceptors (Lipinski definition) is 3. The van der Waals surface area contributed by atoms with Crippen molar-refractivity contribution in [2.24, 2.45) is 11.8 Å². The molecular formula is C19H27BrN2O. The van der Waals surface area contributed by atoms with Gasteiger partial charge in [-0.3, -0.25) is 9.80 Å². The summed E-state index contributed by atoms with van der Waals surface area (Å²) in [5.74, 6) is 3.06. The highest BCUT2D eigenvalue weighted by molar-refractivity contribution is 9.10. The highest BCUT2D eigenvalue weighted by Gasteiger charge is 2.42. The van der Waals surface area contributed by atoms with Gasteiger partial charge < -0.3 is 4.74 Å². The number of piperazine rings is 1. The van der Waals surface area contributed by atoms with Gasteiger partial charge in [-0.25, -0.2) is 0 Å². The van der Waals surface area contributed by atoms with Crippen molar-refractivity contribution in [2.45, 2.75) is 38.3 Å². The summed E-state index contributed by atoms with van der Waals surface area (Å²) in [6.45, 7) is 5.84. The van der Waals surface area contributed by atoms with E-state index < -0.39 is 0 Å². The summed E-state index contributed by atoms with van der Waals surface area (Å²) in [7, 11) is 1.76. The van der Waals surface area contributed by atoms with E-state index in [1.807, 2.05) is 0 Å². The normalized spacial score (nSPS) is 31.7. The molecule has 0 unspecified atom stereocenters.